The van der Waals surface area contributed by atoms with Gasteiger partial charge in [0, 0.05) is 38.0 Å². The molecule has 0 aromatic carbocycles. The van der Waals surface area contributed by atoms with Gasteiger partial charge < -0.3 is 16.0 Å². The Morgan fingerprint density at radius 1 is 1.53 bits per heavy atom. The lowest BCUT2D eigenvalue weighted by Gasteiger charge is -2.30. The number of hydrogen-bond donors (Lipinski definition) is 2. The summed E-state index contributed by atoms with van der Waals surface area (Å²) in [6, 6.07) is 0. The van der Waals surface area contributed by atoms with E-state index in [-0.39, 0.29) is 17.7 Å². The summed E-state index contributed by atoms with van der Waals surface area (Å²) in [5, 5.41) is 5.17. The van der Waals surface area contributed by atoms with Crippen LogP contribution in [-0.4, -0.2) is 41.8 Å². The van der Waals surface area contributed by atoms with E-state index in [9.17, 15) is 9.59 Å². The second-order valence-corrected chi connectivity index (χ2v) is 5.45. The SMILES string of the molecule is CNC(=O)C1CCN(C(=O)c2csc(CN)n2)CC1. The van der Waals surface area contributed by atoms with Crippen LogP contribution in [0.1, 0.15) is 28.3 Å². The van der Waals surface area contributed by atoms with Gasteiger partial charge in [0.25, 0.3) is 5.91 Å². The lowest BCUT2D eigenvalue weighted by Crippen LogP contribution is -2.42. The fourth-order valence-corrected chi connectivity index (χ4v) is 2.86. The first-order valence-electron chi connectivity index (χ1n) is 6.31. The van der Waals surface area contributed by atoms with E-state index in [1.807, 2.05) is 0 Å². The molecule has 2 rings (SSSR count). The number of nitrogens with one attached hydrogen (secondary N) is 1. The van der Waals surface area contributed by atoms with Crippen LogP contribution in [0.5, 0.6) is 0 Å². The average molecular weight is 282 g/mol. The van der Waals surface area contributed by atoms with Crippen molar-refractivity contribution in [2.45, 2.75) is 19.4 Å². The highest BCUT2D eigenvalue weighted by Crippen LogP contribution is 2.20. The van der Waals surface area contributed by atoms with Gasteiger partial charge in [-0.15, -0.1) is 11.3 Å². The predicted molar refractivity (Wildman–Crippen MR) is 72.7 cm³/mol. The standard InChI is InChI=1S/C12H18N4O2S/c1-14-11(17)8-2-4-16(5-3-8)12(18)9-7-19-10(6-13)15-9/h7-8H,2-6,13H2,1H3,(H,14,17). The minimum atomic E-state index is -0.0636. The van der Waals surface area contributed by atoms with Crippen LogP contribution in [0, 0.1) is 5.92 Å². The molecule has 1 aromatic heterocycles. The molecule has 104 valence electrons. The number of amides is 2. The summed E-state index contributed by atoms with van der Waals surface area (Å²) in [4.78, 5) is 29.7. The Labute approximate surface area is 116 Å². The van der Waals surface area contributed by atoms with Crippen molar-refractivity contribution in [2.75, 3.05) is 20.1 Å². The van der Waals surface area contributed by atoms with Gasteiger partial charge in [0.15, 0.2) is 0 Å². The molecule has 1 fully saturated rings. The molecule has 0 spiro atoms. The maximum Gasteiger partial charge on any atom is 0.273 e. The van der Waals surface area contributed by atoms with Crippen molar-refractivity contribution in [1.82, 2.24) is 15.2 Å². The smallest absolute Gasteiger partial charge is 0.273 e. The second kappa shape index (κ2) is 6.12. The Kier molecular flexibility index (Phi) is 4.49. The zero-order valence-corrected chi connectivity index (χ0v) is 11.7. The Morgan fingerprint density at radius 2 is 2.21 bits per heavy atom. The summed E-state index contributed by atoms with van der Waals surface area (Å²) in [5.41, 5.74) is 5.95. The fourth-order valence-electron chi connectivity index (χ4n) is 2.21. The van der Waals surface area contributed by atoms with Gasteiger partial charge in [0.1, 0.15) is 10.7 Å². The van der Waals surface area contributed by atoms with Gasteiger partial charge in [-0.25, -0.2) is 4.98 Å². The molecule has 1 aliphatic heterocycles. The Bertz CT molecular complexity index is 466. The number of aromatic nitrogens is 1. The maximum absolute atomic E-state index is 12.2. The summed E-state index contributed by atoms with van der Waals surface area (Å²) < 4.78 is 0. The normalized spacial score (nSPS) is 16.4. The predicted octanol–water partition coefficient (Wildman–Crippen LogP) is 0.200. The van der Waals surface area contributed by atoms with Crippen molar-refractivity contribution >= 4 is 23.2 Å². The van der Waals surface area contributed by atoms with Crippen LogP contribution < -0.4 is 11.1 Å². The quantitative estimate of drug-likeness (QED) is 0.829. The Hall–Kier alpha value is -1.47. The zero-order valence-electron chi connectivity index (χ0n) is 10.9. The van der Waals surface area contributed by atoms with Crippen LogP contribution in [-0.2, 0) is 11.3 Å². The molecule has 0 unspecified atom stereocenters. The van der Waals surface area contributed by atoms with Gasteiger partial charge in [0.05, 0.1) is 0 Å². The van der Waals surface area contributed by atoms with Gasteiger partial charge in [-0.1, -0.05) is 0 Å². The van der Waals surface area contributed by atoms with Gasteiger partial charge in [-0.2, -0.15) is 0 Å². The lowest BCUT2D eigenvalue weighted by atomic mass is 9.96. The van der Waals surface area contributed by atoms with E-state index >= 15 is 0 Å². The minimum Gasteiger partial charge on any atom is -0.359 e. The number of piperidine rings is 1. The summed E-state index contributed by atoms with van der Waals surface area (Å²) in [6.07, 6.45) is 1.42. The molecule has 2 heterocycles. The average Bonchev–Trinajstić information content (AvgIpc) is 2.94. The zero-order chi connectivity index (χ0) is 13.8. The molecule has 0 radical (unpaired) electrons. The maximum atomic E-state index is 12.2. The van der Waals surface area contributed by atoms with E-state index < -0.39 is 0 Å². The number of rotatable bonds is 3. The number of nitrogens with two attached hydrogens (primary N) is 1. The van der Waals surface area contributed by atoms with Crippen molar-refractivity contribution in [1.29, 1.82) is 0 Å². The molecule has 0 atom stereocenters. The monoisotopic (exact) mass is 282 g/mol. The first-order valence-corrected chi connectivity index (χ1v) is 7.19. The van der Waals surface area contributed by atoms with E-state index in [2.05, 4.69) is 10.3 Å². The fraction of sp³-hybridized carbons (Fsp3) is 0.583. The molecular formula is C12H18N4O2S. The van der Waals surface area contributed by atoms with Crippen LogP contribution in [0.2, 0.25) is 0 Å². The van der Waals surface area contributed by atoms with Crippen LogP contribution in [0.4, 0.5) is 0 Å². The van der Waals surface area contributed by atoms with E-state index in [1.165, 1.54) is 11.3 Å². The van der Waals surface area contributed by atoms with E-state index in [0.717, 1.165) is 5.01 Å². The van der Waals surface area contributed by atoms with Crippen molar-refractivity contribution in [3.05, 3.63) is 16.1 Å². The van der Waals surface area contributed by atoms with E-state index in [1.54, 1.807) is 17.3 Å². The van der Waals surface area contributed by atoms with Crippen LogP contribution >= 0.6 is 11.3 Å². The molecule has 0 aliphatic carbocycles. The van der Waals surface area contributed by atoms with E-state index in [0.29, 0.717) is 38.2 Å². The molecule has 2 amide bonds. The van der Waals surface area contributed by atoms with Gasteiger partial charge in [0.2, 0.25) is 5.91 Å². The highest BCUT2D eigenvalue weighted by Gasteiger charge is 2.28. The largest absolute Gasteiger partial charge is 0.359 e. The Morgan fingerprint density at radius 3 is 2.74 bits per heavy atom. The molecule has 1 aromatic rings. The summed E-state index contributed by atoms with van der Waals surface area (Å²) in [6.45, 7) is 1.56. The van der Waals surface area contributed by atoms with Gasteiger partial charge >= 0.3 is 0 Å². The first kappa shape index (κ1) is 14.0. The first-order chi connectivity index (χ1) is 9.15. The number of hydrogen-bond acceptors (Lipinski definition) is 5. The van der Waals surface area contributed by atoms with Crippen LogP contribution in [0.25, 0.3) is 0 Å². The van der Waals surface area contributed by atoms with Crippen molar-refractivity contribution < 1.29 is 9.59 Å². The second-order valence-electron chi connectivity index (χ2n) is 4.51. The number of carbonyl (C=O) groups excluding carboxylic acids is 2. The third-order valence-corrected chi connectivity index (χ3v) is 4.22. The van der Waals surface area contributed by atoms with Gasteiger partial charge in [-0.3, -0.25) is 9.59 Å². The molecule has 3 N–H and O–H groups in total. The third-order valence-electron chi connectivity index (χ3n) is 3.34. The number of nitrogens with zero attached hydrogens (tertiary/aromatic N) is 2. The van der Waals surface area contributed by atoms with Crippen LogP contribution in [0.3, 0.4) is 0 Å². The molecule has 19 heavy (non-hydrogen) atoms. The van der Waals surface area contributed by atoms with E-state index in [4.69, 9.17) is 5.73 Å². The Balaban J connectivity index is 1.94. The van der Waals surface area contributed by atoms with Crippen molar-refractivity contribution in [2.24, 2.45) is 11.7 Å². The molecule has 6 nitrogen and oxygen atoms in total. The summed E-state index contributed by atoms with van der Waals surface area (Å²) in [7, 11) is 1.64. The molecule has 1 saturated heterocycles. The molecule has 0 saturated carbocycles. The van der Waals surface area contributed by atoms with Crippen molar-refractivity contribution in [3.63, 3.8) is 0 Å². The molecular weight excluding hydrogens is 264 g/mol. The summed E-state index contributed by atoms with van der Waals surface area (Å²) >= 11 is 1.40. The number of likely N-dealkylation sites (tertiary alicyclic amines) is 1. The number of thiazole rings is 1. The minimum absolute atomic E-state index is 0.0177. The van der Waals surface area contributed by atoms with Gasteiger partial charge in [-0.05, 0) is 12.8 Å². The lowest BCUT2D eigenvalue weighted by molar-refractivity contribution is -0.125. The molecule has 1 aliphatic rings. The van der Waals surface area contributed by atoms with Crippen LogP contribution in [0.15, 0.2) is 5.38 Å². The summed E-state index contributed by atoms with van der Waals surface area (Å²) in [5.74, 6) is 0.0153. The number of carbonyl (C=O) groups is 2. The highest BCUT2D eigenvalue weighted by atomic mass is 32.1. The topological polar surface area (TPSA) is 88.3 Å². The third kappa shape index (κ3) is 3.10. The van der Waals surface area contributed by atoms with Crippen molar-refractivity contribution in [3.8, 4) is 0 Å². The molecule has 7 heteroatoms. The molecule has 0 bridgehead atoms. The highest BCUT2D eigenvalue weighted by molar-refractivity contribution is 7.09.